The van der Waals surface area contributed by atoms with E-state index in [0.717, 1.165) is 5.69 Å². The fourth-order valence-corrected chi connectivity index (χ4v) is 1.000. The zero-order valence-electron chi connectivity index (χ0n) is 6.47. The van der Waals surface area contributed by atoms with Crippen molar-refractivity contribution in [2.45, 2.75) is 0 Å². The Kier molecular flexibility index (Phi) is 2.84. The average Bonchev–Trinajstić information content (AvgIpc) is 2.07. The van der Waals surface area contributed by atoms with Gasteiger partial charge in [-0.25, -0.2) is 0 Å². The lowest BCUT2D eigenvalue weighted by Gasteiger charge is -2.05. The molecule has 1 rings (SSSR count). The van der Waals surface area contributed by atoms with Crippen LogP contribution in [0.1, 0.15) is 0 Å². The van der Waals surface area contributed by atoms with E-state index >= 15 is 0 Å². The molecule has 3 N–H and O–H groups in total. The van der Waals surface area contributed by atoms with Gasteiger partial charge in [0.05, 0.1) is 17.9 Å². The molecule has 0 saturated heterocycles. The van der Waals surface area contributed by atoms with Crippen molar-refractivity contribution in [3.8, 4) is 12.3 Å². The van der Waals surface area contributed by atoms with Crippen LogP contribution in [0.4, 0.5) is 11.4 Å². The third-order valence-corrected chi connectivity index (χ3v) is 1.63. The van der Waals surface area contributed by atoms with Crippen molar-refractivity contribution in [2.24, 2.45) is 0 Å². The van der Waals surface area contributed by atoms with Crippen molar-refractivity contribution in [1.82, 2.24) is 0 Å². The van der Waals surface area contributed by atoms with Gasteiger partial charge >= 0.3 is 0 Å². The largest absolute Gasteiger partial charge is 0.397 e. The zero-order chi connectivity index (χ0) is 8.97. The molecule has 0 radical (unpaired) electrons. The monoisotopic (exact) mass is 180 g/mol. The van der Waals surface area contributed by atoms with E-state index in [2.05, 4.69) is 11.2 Å². The Morgan fingerprint density at radius 2 is 2.33 bits per heavy atom. The van der Waals surface area contributed by atoms with Crippen molar-refractivity contribution >= 4 is 23.0 Å². The van der Waals surface area contributed by atoms with Crippen molar-refractivity contribution in [3.63, 3.8) is 0 Å². The van der Waals surface area contributed by atoms with E-state index < -0.39 is 0 Å². The molecule has 0 aliphatic rings. The third-order valence-electron chi connectivity index (χ3n) is 1.40. The minimum absolute atomic E-state index is 0.449. The van der Waals surface area contributed by atoms with Crippen molar-refractivity contribution in [2.75, 3.05) is 17.6 Å². The number of hydrogen-bond donors (Lipinski definition) is 2. The second-order valence-corrected chi connectivity index (χ2v) is 2.73. The highest BCUT2D eigenvalue weighted by atomic mass is 35.5. The van der Waals surface area contributed by atoms with E-state index in [4.69, 9.17) is 23.8 Å². The van der Waals surface area contributed by atoms with Crippen LogP contribution in [0.2, 0.25) is 5.02 Å². The summed E-state index contributed by atoms with van der Waals surface area (Å²) in [5.41, 5.74) is 7.07. The van der Waals surface area contributed by atoms with Gasteiger partial charge in [0.15, 0.2) is 0 Å². The number of benzene rings is 1. The van der Waals surface area contributed by atoms with E-state index in [1.54, 1.807) is 18.2 Å². The number of halogens is 1. The standard InChI is InChI=1S/C9H9ClN2/c1-2-5-12-9-6-7(10)3-4-8(9)11/h1,3-4,6,12H,5,11H2. The van der Waals surface area contributed by atoms with Gasteiger partial charge in [-0.1, -0.05) is 17.5 Å². The van der Waals surface area contributed by atoms with Gasteiger partial charge in [0.1, 0.15) is 0 Å². The molecule has 0 atom stereocenters. The first-order valence-corrected chi connectivity index (χ1v) is 3.84. The van der Waals surface area contributed by atoms with Crippen LogP contribution in [0.15, 0.2) is 18.2 Å². The molecule has 12 heavy (non-hydrogen) atoms. The molecule has 0 aliphatic heterocycles. The second-order valence-electron chi connectivity index (χ2n) is 2.29. The molecule has 0 saturated carbocycles. The number of anilines is 2. The highest BCUT2D eigenvalue weighted by Crippen LogP contribution is 2.22. The molecule has 3 heteroatoms. The van der Waals surface area contributed by atoms with E-state index in [1.807, 2.05) is 0 Å². The van der Waals surface area contributed by atoms with E-state index in [1.165, 1.54) is 0 Å². The summed E-state index contributed by atoms with van der Waals surface area (Å²) in [6.45, 7) is 0.449. The number of hydrogen-bond acceptors (Lipinski definition) is 2. The van der Waals surface area contributed by atoms with E-state index in [9.17, 15) is 0 Å². The molecule has 0 bridgehead atoms. The molecule has 0 heterocycles. The molecule has 1 aromatic carbocycles. The molecular formula is C9H9ClN2. The number of rotatable bonds is 2. The molecule has 0 spiro atoms. The quantitative estimate of drug-likeness (QED) is 0.540. The van der Waals surface area contributed by atoms with Gasteiger partial charge in [0.2, 0.25) is 0 Å². The fraction of sp³-hybridized carbons (Fsp3) is 0.111. The molecule has 0 aromatic heterocycles. The van der Waals surface area contributed by atoms with Crippen molar-refractivity contribution in [3.05, 3.63) is 23.2 Å². The van der Waals surface area contributed by atoms with Gasteiger partial charge in [-0.05, 0) is 18.2 Å². The summed E-state index contributed by atoms with van der Waals surface area (Å²) < 4.78 is 0. The van der Waals surface area contributed by atoms with Crippen LogP contribution in [0.5, 0.6) is 0 Å². The molecular weight excluding hydrogens is 172 g/mol. The fourth-order valence-electron chi connectivity index (χ4n) is 0.828. The van der Waals surface area contributed by atoms with Crippen LogP contribution in [0.3, 0.4) is 0 Å². The van der Waals surface area contributed by atoms with Crippen LogP contribution < -0.4 is 11.1 Å². The Balaban J connectivity index is 2.84. The molecule has 0 fully saturated rings. The first-order valence-electron chi connectivity index (χ1n) is 3.46. The Labute approximate surface area is 76.7 Å². The first kappa shape index (κ1) is 8.76. The van der Waals surface area contributed by atoms with Gasteiger partial charge in [0, 0.05) is 5.02 Å². The molecule has 1 aromatic rings. The predicted molar refractivity (Wildman–Crippen MR) is 53.2 cm³/mol. The Hall–Kier alpha value is -1.33. The molecule has 0 aliphatic carbocycles. The maximum atomic E-state index is 5.75. The Morgan fingerprint density at radius 1 is 1.58 bits per heavy atom. The van der Waals surface area contributed by atoms with Crippen molar-refractivity contribution < 1.29 is 0 Å². The normalized spacial score (nSPS) is 9.00. The maximum Gasteiger partial charge on any atom is 0.0764 e. The number of nitrogen functional groups attached to an aromatic ring is 1. The van der Waals surface area contributed by atoms with Gasteiger partial charge < -0.3 is 11.1 Å². The van der Waals surface area contributed by atoms with Gasteiger partial charge in [-0.15, -0.1) is 6.42 Å². The van der Waals surface area contributed by atoms with Crippen LogP contribution in [0, 0.1) is 12.3 Å². The zero-order valence-corrected chi connectivity index (χ0v) is 7.23. The summed E-state index contributed by atoms with van der Waals surface area (Å²) in [4.78, 5) is 0. The maximum absolute atomic E-state index is 5.75. The highest BCUT2D eigenvalue weighted by Gasteiger charge is 1.97. The number of nitrogens with one attached hydrogen (secondary N) is 1. The van der Waals surface area contributed by atoms with Crippen LogP contribution >= 0.6 is 11.6 Å². The summed E-state index contributed by atoms with van der Waals surface area (Å²) in [6.07, 6.45) is 5.08. The molecule has 0 unspecified atom stereocenters. The third kappa shape index (κ3) is 2.08. The summed E-state index contributed by atoms with van der Waals surface area (Å²) >= 11 is 5.75. The van der Waals surface area contributed by atoms with Crippen LogP contribution in [0.25, 0.3) is 0 Å². The Morgan fingerprint density at radius 3 is 3.00 bits per heavy atom. The van der Waals surface area contributed by atoms with Gasteiger partial charge in [-0.2, -0.15) is 0 Å². The Bertz CT molecular complexity index is 315. The summed E-state index contributed by atoms with van der Waals surface area (Å²) in [5, 5.41) is 3.60. The molecule has 62 valence electrons. The number of nitrogens with two attached hydrogens (primary N) is 1. The van der Waals surface area contributed by atoms with Crippen molar-refractivity contribution in [1.29, 1.82) is 0 Å². The lowest BCUT2D eigenvalue weighted by atomic mass is 10.2. The minimum Gasteiger partial charge on any atom is -0.397 e. The lowest BCUT2D eigenvalue weighted by molar-refractivity contribution is 1.38. The summed E-state index contributed by atoms with van der Waals surface area (Å²) in [7, 11) is 0. The predicted octanol–water partition coefficient (Wildman–Crippen LogP) is 1.97. The van der Waals surface area contributed by atoms with Gasteiger partial charge in [0.25, 0.3) is 0 Å². The molecule has 2 nitrogen and oxygen atoms in total. The summed E-state index contributed by atoms with van der Waals surface area (Å²) in [6, 6.07) is 5.22. The SMILES string of the molecule is C#CCNc1cc(Cl)ccc1N. The van der Waals surface area contributed by atoms with E-state index in [-0.39, 0.29) is 0 Å². The second kappa shape index (κ2) is 3.89. The minimum atomic E-state index is 0.449. The topological polar surface area (TPSA) is 38.0 Å². The summed E-state index contributed by atoms with van der Waals surface area (Å²) in [5.74, 6) is 2.45. The average molecular weight is 181 g/mol. The van der Waals surface area contributed by atoms with Gasteiger partial charge in [-0.3, -0.25) is 0 Å². The number of terminal acetylenes is 1. The van der Waals surface area contributed by atoms with E-state index in [0.29, 0.717) is 17.3 Å². The van der Waals surface area contributed by atoms with Crippen LogP contribution in [-0.2, 0) is 0 Å². The molecule has 0 amide bonds. The highest BCUT2D eigenvalue weighted by molar-refractivity contribution is 6.31. The first-order chi connectivity index (χ1) is 5.74. The smallest absolute Gasteiger partial charge is 0.0764 e. The van der Waals surface area contributed by atoms with Crippen LogP contribution in [-0.4, -0.2) is 6.54 Å². The lowest BCUT2D eigenvalue weighted by Crippen LogP contribution is -2.01.